The van der Waals surface area contributed by atoms with Gasteiger partial charge in [-0.25, -0.2) is 0 Å². The maximum absolute atomic E-state index is 12.4. The molecule has 6 nitrogen and oxygen atoms in total. The van der Waals surface area contributed by atoms with E-state index in [2.05, 4.69) is 17.6 Å². The molecule has 0 unspecified atom stereocenters. The summed E-state index contributed by atoms with van der Waals surface area (Å²) in [6.07, 6.45) is 2.96. The van der Waals surface area contributed by atoms with E-state index in [1.807, 2.05) is 13.8 Å². The Hall–Kier alpha value is -2.37. The van der Waals surface area contributed by atoms with Crippen molar-refractivity contribution in [1.82, 2.24) is 4.90 Å². The number of nitrogens with one attached hydrogen (secondary N) is 2. The Bertz CT molecular complexity index is 585. The summed E-state index contributed by atoms with van der Waals surface area (Å²) in [4.78, 5) is 37.3. The third-order valence-electron chi connectivity index (χ3n) is 3.52. The Kier molecular flexibility index (Phi) is 7.95. The lowest BCUT2D eigenvalue weighted by molar-refractivity contribution is -0.144. The molecule has 0 bridgehead atoms. The molecule has 0 saturated carbocycles. The highest BCUT2D eigenvalue weighted by atomic mass is 16.2. The van der Waals surface area contributed by atoms with E-state index in [-0.39, 0.29) is 11.9 Å². The van der Waals surface area contributed by atoms with Gasteiger partial charge < -0.3 is 15.5 Å². The number of anilines is 2. The fourth-order valence-electron chi connectivity index (χ4n) is 2.32. The molecule has 0 aromatic heterocycles. The van der Waals surface area contributed by atoms with E-state index >= 15 is 0 Å². The van der Waals surface area contributed by atoms with Crippen molar-refractivity contribution < 1.29 is 14.4 Å². The van der Waals surface area contributed by atoms with Crippen LogP contribution in [-0.2, 0) is 14.4 Å². The first kappa shape index (κ1) is 19.7. The molecule has 1 rings (SSSR count). The molecule has 3 amide bonds. The van der Waals surface area contributed by atoms with Crippen LogP contribution < -0.4 is 10.6 Å². The average molecular weight is 333 g/mol. The van der Waals surface area contributed by atoms with Crippen LogP contribution in [0.4, 0.5) is 11.4 Å². The zero-order valence-electron chi connectivity index (χ0n) is 14.9. The maximum Gasteiger partial charge on any atom is 0.313 e. The summed E-state index contributed by atoms with van der Waals surface area (Å²) in [6, 6.07) is 6.67. The van der Waals surface area contributed by atoms with E-state index in [0.717, 1.165) is 19.3 Å². The fourth-order valence-corrected chi connectivity index (χ4v) is 2.32. The summed E-state index contributed by atoms with van der Waals surface area (Å²) in [5.74, 6) is -1.40. The van der Waals surface area contributed by atoms with Crippen LogP contribution in [0, 0.1) is 0 Å². The Labute approximate surface area is 143 Å². The van der Waals surface area contributed by atoms with Crippen LogP contribution in [0.5, 0.6) is 0 Å². The molecule has 0 atom stereocenters. The second kappa shape index (κ2) is 9.70. The first-order valence-corrected chi connectivity index (χ1v) is 8.34. The topological polar surface area (TPSA) is 78.5 Å². The van der Waals surface area contributed by atoms with Gasteiger partial charge in [0, 0.05) is 30.9 Å². The predicted molar refractivity (Wildman–Crippen MR) is 95.7 cm³/mol. The van der Waals surface area contributed by atoms with E-state index in [9.17, 15) is 14.4 Å². The highest BCUT2D eigenvalue weighted by Gasteiger charge is 2.23. The van der Waals surface area contributed by atoms with Crippen LogP contribution in [0.2, 0.25) is 0 Å². The number of unbranched alkanes of at least 4 members (excludes halogenated alkanes) is 2. The Morgan fingerprint density at radius 1 is 1.08 bits per heavy atom. The minimum atomic E-state index is -0.667. The highest BCUT2D eigenvalue weighted by Crippen LogP contribution is 2.15. The summed E-state index contributed by atoms with van der Waals surface area (Å²) in [5, 5.41) is 5.24. The van der Waals surface area contributed by atoms with Gasteiger partial charge in [0.25, 0.3) is 0 Å². The molecule has 1 aromatic carbocycles. The van der Waals surface area contributed by atoms with Gasteiger partial charge in [-0.15, -0.1) is 0 Å². The Morgan fingerprint density at radius 2 is 1.71 bits per heavy atom. The van der Waals surface area contributed by atoms with Gasteiger partial charge in [0.05, 0.1) is 0 Å². The molecule has 0 saturated heterocycles. The number of nitrogens with zero attached hydrogens (tertiary/aromatic N) is 1. The van der Waals surface area contributed by atoms with Crippen LogP contribution in [0.25, 0.3) is 0 Å². The monoisotopic (exact) mass is 333 g/mol. The summed E-state index contributed by atoms with van der Waals surface area (Å²) in [6.45, 7) is 7.87. The quantitative estimate of drug-likeness (QED) is 0.595. The molecule has 0 aliphatic carbocycles. The number of carbonyl (C=O) groups is 3. The van der Waals surface area contributed by atoms with Gasteiger partial charge in [-0.1, -0.05) is 25.8 Å². The van der Waals surface area contributed by atoms with Crippen LogP contribution in [-0.4, -0.2) is 35.2 Å². The van der Waals surface area contributed by atoms with Gasteiger partial charge in [0.2, 0.25) is 5.91 Å². The third kappa shape index (κ3) is 6.40. The molecule has 24 heavy (non-hydrogen) atoms. The lowest BCUT2D eigenvalue weighted by atomic mass is 10.2. The van der Waals surface area contributed by atoms with Crippen molar-refractivity contribution in [2.75, 3.05) is 17.2 Å². The molecular weight excluding hydrogens is 306 g/mol. The molecule has 6 heteroatoms. The van der Waals surface area contributed by atoms with E-state index in [4.69, 9.17) is 0 Å². The van der Waals surface area contributed by atoms with Crippen molar-refractivity contribution in [3.63, 3.8) is 0 Å². The minimum Gasteiger partial charge on any atom is -0.332 e. The largest absolute Gasteiger partial charge is 0.332 e. The highest BCUT2D eigenvalue weighted by molar-refractivity contribution is 6.39. The van der Waals surface area contributed by atoms with Crippen molar-refractivity contribution in [2.45, 2.75) is 53.0 Å². The van der Waals surface area contributed by atoms with E-state index in [1.165, 1.54) is 6.92 Å². The number of carbonyl (C=O) groups excluding carboxylic acids is 3. The number of benzene rings is 1. The normalized spacial score (nSPS) is 10.4. The van der Waals surface area contributed by atoms with Gasteiger partial charge in [-0.3, -0.25) is 14.4 Å². The number of amides is 3. The lowest BCUT2D eigenvalue weighted by Crippen LogP contribution is -2.44. The molecule has 0 fully saturated rings. The second-order valence-corrected chi connectivity index (χ2v) is 6.02. The molecule has 2 N–H and O–H groups in total. The van der Waals surface area contributed by atoms with Gasteiger partial charge in [-0.2, -0.15) is 0 Å². The van der Waals surface area contributed by atoms with Crippen LogP contribution in [0.3, 0.4) is 0 Å². The zero-order valence-corrected chi connectivity index (χ0v) is 14.9. The second-order valence-electron chi connectivity index (χ2n) is 6.02. The molecule has 0 spiro atoms. The fraction of sp³-hybridized carbons (Fsp3) is 0.500. The van der Waals surface area contributed by atoms with Gasteiger partial charge >= 0.3 is 11.8 Å². The summed E-state index contributed by atoms with van der Waals surface area (Å²) >= 11 is 0. The maximum atomic E-state index is 12.4. The van der Waals surface area contributed by atoms with Crippen molar-refractivity contribution >= 4 is 29.1 Å². The van der Waals surface area contributed by atoms with E-state index in [0.29, 0.717) is 17.9 Å². The smallest absolute Gasteiger partial charge is 0.313 e. The molecule has 0 heterocycles. The molecule has 0 aliphatic heterocycles. The first-order chi connectivity index (χ1) is 11.3. The van der Waals surface area contributed by atoms with E-state index in [1.54, 1.807) is 29.2 Å². The van der Waals surface area contributed by atoms with Crippen molar-refractivity contribution in [2.24, 2.45) is 0 Å². The summed E-state index contributed by atoms with van der Waals surface area (Å²) < 4.78 is 0. The SMILES string of the molecule is CCCCCN(C(=O)C(=O)Nc1cccc(NC(C)=O)c1)C(C)C. The van der Waals surface area contributed by atoms with Crippen LogP contribution >= 0.6 is 0 Å². The molecule has 1 aromatic rings. The minimum absolute atomic E-state index is 0.0363. The average Bonchev–Trinajstić information content (AvgIpc) is 2.50. The number of rotatable bonds is 7. The van der Waals surface area contributed by atoms with Gasteiger partial charge in [-0.05, 0) is 38.5 Å². The third-order valence-corrected chi connectivity index (χ3v) is 3.52. The van der Waals surface area contributed by atoms with Gasteiger partial charge in [0.15, 0.2) is 0 Å². The number of hydrogen-bond donors (Lipinski definition) is 2. The van der Waals surface area contributed by atoms with Crippen molar-refractivity contribution in [1.29, 1.82) is 0 Å². The van der Waals surface area contributed by atoms with Crippen LogP contribution in [0.1, 0.15) is 47.0 Å². The summed E-state index contributed by atoms with van der Waals surface area (Å²) in [5.41, 5.74) is 1.04. The molecule has 132 valence electrons. The Morgan fingerprint density at radius 3 is 2.25 bits per heavy atom. The van der Waals surface area contributed by atoms with Gasteiger partial charge in [0.1, 0.15) is 0 Å². The van der Waals surface area contributed by atoms with Crippen molar-refractivity contribution in [3.05, 3.63) is 24.3 Å². The number of hydrogen-bond acceptors (Lipinski definition) is 3. The molecule has 0 aliphatic rings. The van der Waals surface area contributed by atoms with E-state index < -0.39 is 11.8 Å². The van der Waals surface area contributed by atoms with Crippen LogP contribution in [0.15, 0.2) is 24.3 Å². The Balaban J connectivity index is 2.74. The zero-order chi connectivity index (χ0) is 18.1. The molecule has 0 radical (unpaired) electrons. The standard InChI is InChI=1S/C18H27N3O3/c1-5-6-7-11-21(13(2)3)18(24)17(23)20-16-10-8-9-15(12-16)19-14(4)22/h8-10,12-13H,5-7,11H2,1-4H3,(H,19,22)(H,20,23). The summed E-state index contributed by atoms with van der Waals surface area (Å²) in [7, 11) is 0. The predicted octanol–water partition coefficient (Wildman–Crippen LogP) is 3.01. The molecular formula is C18H27N3O3. The lowest BCUT2D eigenvalue weighted by Gasteiger charge is -2.26. The van der Waals surface area contributed by atoms with Crippen molar-refractivity contribution in [3.8, 4) is 0 Å². The first-order valence-electron chi connectivity index (χ1n) is 8.34.